The lowest BCUT2D eigenvalue weighted by Crippen LogP contribution is -2.12. The van der Waals surface area contributed by atoms with Crippen molar-refractivity contribution in [2.45, 2.75) is 6.42 Å². The molecule has 0 fully saturated rings. The fraction of sp³-hybridized carbons (Fsp3) is 0.800. The molecule has 0 aromatic carbocycles. The molecule has 0 bridgehead atoms. The summed E-state index contributed by atoms with van der Waals surface area (Å²) in [5.74, 6) is -1.03. The van der Waals surface area contributed by atoms with Crippen molar-refractivity contribution in [3.05, 3.63) is 0 Å². The van der Waals surface area contributed by atoms with Gasteiger partial charge < -0.3 is 10.2 Å². The highest BCUT2D eigenvalue weighted by Crippen LogP contribution is 2.03. The molecule has 3 nitrogen and oxygen atoms in total. The van der Waals surface area contributed by atoms with Crippen LogP contribution >= 0.6 is 11.6 Å². The van der Waals surface area contributed by atoms with Crippen molar-refractivity contribution in [1.29, 1.82) is 0 Å². The Labute approximate surface area is 58.3 Å². The number of alkyl halides is 1. The molecular weight excluding hydrogens is 144 g/mol. The number of carbonyl (C=O) groups is 1. The number of carboxylic acid groups (broad SMARTS) is 1. The van der Waals surface area contributed by atoms with Gasteiger partial charge >= 0.3 is 5.97 Å². The number of halogens is 1. The molecule has 0 amide bonds. The highest BCUT2D eigenvalue weighted by Gasteiger charge is 2.09. The molecule has 2 N–H and O–H groups in total. The van der Waals surface area contributed by atoms with Gasteiger partial charge in [0.1, 0.15) is 0 Å². The van der Waals surface area contributed by atoms with Crippen LogP contribution in [0.1, 0.15) is 6.42 Å². The zero-order valence-electron chi connectivity index (χ0n) is 4.88. The van der Waals surface area contributed by atoms with Gasteiger partial charge in [0.15, 0.2) is 0 Å². The van der Waals surface area contributed by atoms with Crippen LogP contribution in [0.25, 0.3) is 0 Å². The first-order chi connectivity index (χ1) is 4.20. The van der Waals surface area contributed by atoms with Crippen LogP contribution in [-0.4, -0.2) is 28.7 Å². The summed E-state index contributed by atoms with van der Waals surface area (Å²) in [4.78, 5) is 9.96. The molecule has 0 saturated carbocycles. The molecule has 0 radical (unpaired) electrons. The molecule has 0 aliphatic heterocycles. The summed E-state index contributed by atoms with van der Waals surface area (Å²) in [6.07, 6.45) is -0.0556. The summed E-state index contributed by atoms with van der Waals surface area (Å²) >= 11 is 5.29. The second-order valence-corrected chi connectivity index (χ2v) is 2.11. The van der Waals surface area contributed by atoms with Gasteiger partial charge in [-0.2, -0.15) is 0 Å². The summed E-state index contributed by atoms with van der Waals surface area (Å²) < 4.78 is 0. The van der Waals surface area contributed by atoms with Crippen LogP contribution in [0, 0.1) is 5.92 Å². The predicted octanol–water partition coefficient (Wildman–Crippen LogP) is 0.308. The molecule has 0 aromatic heterocycles. The Hall–Kier alpha value is -0.280. The monoisotopic (exact) mass is 152 g/mol. The predicted molar refractivity (Wildman–Crippen MR) is 33.5 cm³/mol. The van der Waals surface area contributed by atoms with E-state index in [0.717, 1.165) is 0 Å². The van der Waals surface area contributed by atoms with Crippen molar-refractivity contribution in [1.82, 2.24) is 0 Å². The minimum atomic E-state index is -0.922. The van der Waals surface area contributed by atoms with Crippen LogP contribution in [0.4, 0.5) is 0 Å². The highest BCUT2D eigenvalue weighted by atomic mass is 35.5. The van der Waals surface area contributed by atoms with E-state index in [0.29, 0.717) is 0 Å². The largest absolute Gasteiger partial charge is 0.481 e. The summed E-state index contributed by atoms with van der Waals surface area (Å²) in [5.41, 5.74) is 0. The Morgan fingerprint density at radius 2 is 2.22 bits per heavy atom. The minimum absolute atomic E-state index is 0.0556. The average Bonchev–Trinajstić information content (AvgIpc) is 1.82. The third-order valence-corrected chi connectivity index (χ3v) is 1.38. The smallest absolute Gasteiger partial charge is 0.303 e. The van der Waals surface area contributed by atoms with Crippen LogP contribution in [0.2, 0.25) is 0 Å². The Bertz CT molecular complexity index is 90.2. The van der Waals surface area contributed by atoms with Crippen LogP contribution in [0.15, 0.2) is 0 Å². The topological polar surface area (TPSA) is 57.5 Å². The van der Waals surface area contributed by atoms with Crippen LogP contribution in [0.5, 0.6) is 0 Å². The average molecular weight is 153 g/mol. The lowest BCUT2D eigenvalue weighted by atomic mass is 10.1. The summed E-state index contributed by atoms with van der Waals surface area (Å²) in [6, 6.07) is 0. The zero-order valence-corrected chi connectivity index (χ0v) is 5.64. The van der Waals surface area contributed by atoms with Crippen LogP contribution < -0.4 is 0 Å². The van der Waals surface area contributed by atoms with Gasteiger partial charge in [-0.3, -0.25) is 4.79 Å². The Morgan fingerprint density at radius 3 is 2.33 bits per heavy atom. The van der Waals surface area contributed by atoms with Gasteiger partial charge in [0.25, 0.3) is 0 Å². The summed E-state index contributed by atoms with van der Waals surface area (Å²) in [6.45, 7) is -0.157. The number of rotatable bonds is 4. The molecule has 0 aliphatic carbocycles. The van der Waals surface area contributed by atoms with Crippen molar-refractivity contribution in [3.63, 3.8) is 0 Å². The first kappa shape index (κ1) is 8.72. The minimum Gasteiger partial charge on any atom is -0.481 e. The van der Waals surface area contributed by atoms with Crippen molar-refractivity contribution < 1.29 is 15.0 Å². The molecule has 4 heteroatoms. The van der Waals surface area contributed by atoms with E-state index < -0.39 is 5.97 Å². The van der Waals surface area contributed by atoms with Gasteiger partial charge in [-0.1, -0.05) is 0 Å². The second-order valence-electron chi connectivity index (χ2n) is 1.80. The van der Waals surface area contributed by atoms with Crippen molar-refractivity contribution >= 4 is 17.6 Å². The zero-order chi connectivity index (χ0) is 7.28. The standard InChI is InChI=1S/C5H9ClO3/c6-2-4(3-7)1-5(8)9/h4,7H,1-3H2,(H,8,9)/t4-/m0/s1. The van der Waals surface area contributed by atoms with Crippen molar-refractivity contribution in [2.75, 3.05) is 12.5 Å². The van der Waals surface area contributed by atoms with Crippen LogP contribution in [0.3, 0.4) is 0 Å². The number of aliphatic hydroxyl groups is 1. The summed E-state index contributed by atoms with van der Waals surface area (Å²) in [7, 11) is 0. The quantitative estimate of drug-likeness (QED) is 0.570. The number of hydrogen-bond acceptors (Lipinski definition) is 2. The van der Waals surface area contributed by atoms with Gasteiger partial charge in [0.2, 0.25) is 0 Å². The molecule has 0 unspecified atom stereocenters. The van der Waals surface area contributed by atoms with Gasteiger partial charge in [0.05, 0.1) is 6.42 Å². The molecule has 0 aliphatic rings. The number of hydrogen-bond donors (Lipinski definition) is 2. The number of aliphatic hydroxyl groups excluding tert-OH is 1. The first-order valence-corrected chi connectivity index (χ1v) is 3.12. The van der Waals surface area contributed by atoms with Crippen LogP contribution in [-0.2, 0) is 4.79 Å². The molecule has 0 heterocycles. The molecule has 0 spiro atoms. The first-order valence-electron chi connectivity index (χ1n) is 2.59. The maximum absolute atomic E-state index is 9.96. The van der Waals surface area contributed by atoms with E-state index in [1.807, 2.05) is 0 Å². The van der Waals surface area contributed by atoms with E-state index in [-0.39, 0.29) is 24.8 Å². The lowest BCUT2D eigenvalue weighted by molar-refractivity contribution is -0.138. The van der Waals surface area contributed by atoms with E-state index in [9.17, 15) is 4.79 Å². The summed E-state index contributed by atoms with van der Waals surface area (Å²) in [5, 5.41) is 16.6. The van der Waals surface area contributed by atoms with E-state index >= 15 is 0 Å². The normalized spacial score (nSPS) is 13.1. The Kier molecular flexibility index (Phi) is 4.44. The molecule has 0 rings (SSSR count). The highest BCUT2D eigenvalue weighted by molar-refractivity contribution is 6.18. The number of carboxylic acids is 1. The Morgan fingerprint density at radius 1 is 1.67 bits per heavy atom. The van der Waals surface area contributed by atoms with Gasteiger partial charge in [-0.05, 0) is 0 Å². The Balaban J connectivity index is 3.43. The van der Waals surface area contributed by atoms with Gasteiger partial charge in [-0.15, -0.1) is 11.6 Å². The molecule has 9 heavy (non-hydrogen) atoms. The molecule has 54 valence electrons. The fourth-order valence-corrected chi connectivity index (χ4v) is 0.622. The van der Waals surface area contributed by atoms with E-state index in [2.05, 4.69) is 0 Å². The maximum Gasteiger partial charge on any atom is 0.303 e. The fourth-order valence-electron chi connectivity index (χ4n) is 0.415. The number of aliphatic carboxylic acids is 1. The van der Waals surface area contributed by atoms with Gasteiger partial charge in [0, 0.05) is 18.4 Å². The third kappa shape index (κ3) is 4.24. The third-order valence-electron chi connectivity index (χ3n) is 0.940. The second kappa shape index (κ2) is 4.58. The van der Waals surface area contributed by atoms with Crippen molar-refractivity contribution in [3.8, 4) is 0 Å². The molecule has 1 atom stereocenters. The van der Waals surface area contributed by atoms with E-state index in [1.54, 1.807) is 0 Å². The van der Waals surface area contributed by atoms with E-state index in [1.165, 1.54) is 0 Å². The molecular formula is C5H9ClO3. The lowest BCUT2D eigenvalue weighted by Gasteiger charge is -2.04. The SMILES string of the molecule is O=C(O)C[C@H](CO)CCl. The van der Waals surface area contributed by atoms with Crippen molar-refractivity contribution in [2.24, 2.45) is 5.92 Å². The van der Waals surface area contributed by atoms with E-state index in [4.69, 9.17) is 21.8 Å². The molecule has 0 aromatic rings. The molecule has 0 saturated heterocycles. The van der Waals surface area contributed by atoms with Gasteiger partial charge in [-0.25, -0.2) is 0 Å². The maximum atomic E-state index is 9.96.